The molecule has 14 nitrogen and oxygen atoms in total. The van der Waals surface area contributed by atoms with Crippen LogP contribution in [0.2, 0.25) is 0 Å². The number of ether oxygens (including phenoxy) is 2. The average molecular weight is 826 g/mol. The summed E-state index contributed by atoms with van der Waals surface area (Å²) in [7, 11) is -2.70. The second kappa shape index (κ2) is 15.2. The first-order valence-electron chi connectivity index (χ1n) is 18.8. The van der Waals surface area contributed by atoms with Gasteiger partial charge in [-0.1, -0.05) is 26.0 Å². The molecule has 1 aromatic heterocycles. The van der Waals surface area contributed by atoms with Crippen molar-refractivity contribution in [3.05, 3.63) is 42.4 Å². The van der Waals surface area contributed by atoms with Crippen LogP contribution in [0, 0.1) is 23.6 Å². The van der Waals surface area contributed by atoms with Crippen molar-refractivity contribution >= 4 is 44.6 Å². The van der Waals surface area contributed by atoms with Crippen LogP contribution in [0.15, 0.2) is 36.5 Å². The number of allylic oxidation sites excluding steroid dienone is 1. The Bertz CT molecular complexity index is 2080. The Morgan fingerprint density at radius 1 is 1.11 bits per heavy atom. The Balaban J connectivity index is 1.43. The number of carbonyl (C=O) groups is 4. The molecule has 4 aliphatic rings. The van der Waals surface area contributed by atoms with Crippen LogP contribution in [0.3, 0.4) is 0 Å². The van der Waals surface area contributed by atoms with Gasteiger partial charge in [0.2, 0.25) is 27.7 Å². The third-order valence-electron chi connectivity index (χ3n) is 11.6. The van der Waals surface area contributed by atoms with E-state index in [9.17, 15) is 50.3 Å². The summed E-state index contributed by atoms with van der Waals surface area (Å²) >= 11 is 0. The van der Waals surface area contributed by atoms with Crippen LogP contribution < -0.4 is 19.5 Å². The summed E-state index contributed by atoms with van der Waals surface area (Å²) in [5, 5.41) is 12.9. The van der Waals surface area contributed by atoms with Crippen LogP contribution in [-0.4, -0.2) is 106 Å². The summed E-state index contributed by atoms with van der Waals surface area (Å²) < 4.78 is 98.0. The van der Waals surface area contributed by atoms with Crippen molar-refractivity contribution in [3.63, 3.8) is 0 Å². The summed E-state index contributed by atoms with van der Waals surface area (Å²) in [6.07, 6.45) is -1.86. The minimum atomic E-state index is -5.12. The van der Waals surface area contributed by atoms with Crippen molar-refractivity contribution in [2.75, 3.05) is 13.7 Å². The number of benzene rings is 1. The Morgan fingerprint density at radius 3 is 2.44 bits per heavy atom. The zero-order chi connectivity index (χ0) is 41.8. The summed E-state index contributed by atoms with van der Waals surface area (Å²) in [5.74, 6) is -5.46. The third kappa shape index (κ3) is 8.21. The molecule has 1 saturated heterocycles. The number of halogens is 4. The van der Waals surface area contributed by atoms with E-state index in [1.54, 1.807) is 18.2 Å². The number of fused-ring (bicyclic) bond motifs is 3. The number of nitrogens with zero attached hydrogens (tertiary/aromatic N) is 3. The summed E-state index contributed by atoms with van der Waals surface area (Å²) in [4.78, 5) is 61.3. The maximum atomic E-state index is 14.9. The number of hydrogen-bond donors (Lipinski definition) is 3. The van der Waals surface area contributed by atoms with E-state index in [-0.39, 0.29) is 47.1 Å². The van der Waals surface area contributed by atoms with Crippen LogP contribution in [-0.2, 0) is 24.4 Å². The van der Waals surface area contributed by atoms with Crippen molar-refractivity contribution in [2.24, 2.45) is 17.8 Å². The molecule has 0 spiro atoms. The highest BCUT2D eigenvalue weighted by molar-refractivity contribution is 7.91. The molecule has 2 saturated carbocycles. The molecule has 2 aliphatic heterocycles. The fourth-order valence-electron chi connectivity index (χ4n) is 8.10. The zero-order valence-corrected chi connectivity index (χ0v) is 33.0. The van der Waals surface area contributed by atoms with E-state index in [4.69, 9.17) is 9.47 Å². The molecular weight excluding hydrogens is 779 g/mol. The lowest BCUT2D eigenvalue weighted by Gasteiger charge is -2.45. The molecule has 0 radical (unpaired) electrons. The number of alkyl halides is 3. The molecule has 6 rings (SSSR count). The smallest absolute Gasteiger partial charge is 0.411 e. The number of nitrogens with one attached hydrogen (secondary N) is 2. The van der Waals surface area contributed by atoms with Gasteiger partial charge in [-0.25, -0.2) is 22.6 Å². The third-order valence-corrected chi connectivity index (χ3v) is 13.4. The van der Waals surface area contributed by atoms with Crippen LogP contribution in [0.1, 0.15) is 72.6 Å². The van der Waals surface area contributed by atoms with Crippen LogP contribution in [0.5, 0.6) is 11.6 Å². The van der Waals surface area contributed by atoms with Gasteiger partial charge in [0, 0.05) is 30.0 Å². The predicted octanol–water partition coefficient (Wildman–Crippen LogP) is 4.92. The van der Waals surface area contributed by atoms with E-state index in [1.807, 2.05) is 6.92 Å². The monoisotopic (exact) mass is 825 g/mol. The van der Waals surface area contributed by atoms with Gasteiger partial charge in [-0.2, -0.15) is 13.2 Å². The Labute approximate surface area is 327 Å². The molecule has 2 aromatic rings. The van der Waals surface area contributed by atoms with E-state index >= 15 is 0 Å². The second-order valence-corrected chi connectivity index (χ2v) is 18.2. The summed E-state index contributed by atoms with van der Waals surface area (Å²) in [6.45, 7) is 4.19. The highest BCUT2D eigenvalue weighted by Gasteiger charge is 2.63. The van der Waals surface area contributed by atoms with E-state index in [2.05, 4.69) is 15.0 Å². The van der Waals surface area contributed by atoms with Crippen molar-refractivity contribution in [2.45, 2.75) is 113 Å². The van der Waals surface area contributed by atoms with Gasteiger partial charge in [-0.3, -0.25) is 24.0 Å². The van der Waals surface area contributed by atoms with Gasteiger partial charge in [-0.05, 0) is 76.3 Å². The normalized spacial score (nSPS) is 28.7. The second-order valence-electron chi connectivity index (χ2n) is 16.2. The number of carboxylic acid groups (broad SMARTS) is 1. The quantitative estimate of drug-likeness (QED) is 0.244. The van der Waals surface area contributed by atoms with Gasteiger partial charge in [0.15, 0.2) is 0 Å². The number of rotatable bonds is 8. The highest BCUT2D eigenvalue weighted by atomic mass is 32.2. The van der Waals surface area contributed by atoms with Gasteiger partial charge in [-0.15, -0.1) is 0 Å². The number of hydrogen-bond acceptors (Lipinski definition) is 9. The Hall–Kier alpha value is -4.68. The van der Waals surface area contributed by atoms with Crippen LogP contribution in [0.4, 0.5) is 22.4 Å². The number of aromatic nitrogens is 1. The number of amides is 4. The topological polar surface area (TPSA) is 185 Å². The first-order valence-corrected chi connectivity index (χ1v) is 20.4. The van der Waals surface area contributed by atoms with Crippen molar-refractivity contribution in [1.82, 2.24) is 24.8 Å². The molecule has 312 valence electrons. The van der Waals surface area contributed by atoms with E-state index in [0.29, 0.717) is 44.9 Å². The molecule has 4 amide bonds. The molecule has 3 heterocycles. The largest absolute Gasteiger partial charge is 0.496 e. The maximum Gasteiger partial charge on any atom is 0.411 e. The molecule has 19 heteroatoms. The van der Waals surface area contributed by atoms with Gasteiger partial charge in [0.05, 0.1) is 24.3 Å². The predicted molar refractivity (Wildman–Crippen MR) is 197 cm³/mol. The molecule has 1 aromatic carbocycles. The van der Waals surface area contributed by atoms with Gasteiger partial charge < -0.3 is 24.8 Å². The molecule has 3 fully saturated rings. The Kier molecular flexibility index (Phi) is 11.2. The lowest BCUT2D eigenvalue weighted by molar-refractivity contribution is -0.222. The standard InChI is InChI=1S/C38H47F4N5O9S/c1-20-8-6-7-9-22-18-37(22,34(50)45-57(53,54)25-10-11-25)44-31(48)28-17-24(56-32-27-15-23(39)16-29(55-5)26(27)12-13-43-32)19-46(28)33(49)30(21(2)14-20)47(35(51)52)36(3,4)38(40,41)42/h7,9,12-13,15-16,20-22,24-25,28,30H,6,8,10-11,14,17-19H2,1-5H3,(H,44,48)(H,45,50)(H,51,52)/t20-,21-,22-,24-,28+,30+,37-/m1/s1. The first-order chi connectivity index (χ1) is 26.6. The van der Waals surface area contributed by atoms with Crippen LogP contribution in [0.25, 0.3) is 10.8 Å². The van der Waals surface area contributed by atoms with Gasteiger partial charge in [0.1, 0.15) is 40.8 Å². The van der Waals surface area contributed by atoms with Crippen molar-refractivity contribution in [3.8, 4) is 11.6 Å². The molecular formula is C38H47F4N5O9S. The lowest BCUT2D eigenvalue weighted by Crippen LogP contribution is -2.66. The van der Waals surface area contributed by atoms with E-state index in [0.717, 1.165) is 17.0 Å². The summed E-state index contributed by atoms with van der Waals surface area (Å²) in [5.41, 5.74) is -4.81. The molecule has 3 N–H and O–H groups in total. The van der Waals surface area contributed by atoms with Gasteiger partial charge >= 0.3 is 12.3 Å². The zero-order valence-electron chi connectivity index (χ0n) is 32.1. The van der Waals surface area contributed by atoms with Crippen molar-refractivity contribution in [1.29, 1.82) is 0 Å². The number of methoxy groups -OCH3 is 1. The maximum absolute atomic E-state index is 14.9. The van der Waals surface area contributed by atoms with Crippen molar-refractivity contribution < 1.29 is 59.7 Å². The van der Waals surface area contributed by atoms with E-state index < -0.39 is 98.7 Å². The molecule has 0 unspecified atom stereocenters. The molecule has 2 aliphatic carbocycles. The first kappa shape index (κ1) is 41.9. The van der Waals surface area contributed by atoms with Crippen LogP contribution >= 0.6 is 0 Å². The van der Waals surface area contributed by atoms with Gasteiger partial charge in [0.25, 0.3) is 5.91 Å². The van der Waals surface area contributed by atoms with E-state index in [1.165, 1.54) is 20.2 Å². The molecule has 7 atom stereocenters. The number of sulfonamides is 1. The minimum Gasteiger partial charge on any atom is -0.496 e. The Morgan fingerprint density at radius 2 is 1.81 bits per heavy atom. The number of pyridine rings is 1. The lowest BCUT2D eigenvalue weighted by atomic mass is 9.85. The molecule has 57 heavy (non-hydrogen) atoms. The highest BCUT2D eigenvalue weighted by Crippen LogP contribution is 2.47. The number of carbonyl (C=O) groups excluding carboxylic acids is 3. The summed E-state index contributed by atoms with van der Waals surface area (Å²) in [6, 6.07) is 0.372. The minimum absolute atomic E-state index is 0.0248. The fraction of sp³-hybridized carbons (Fsp3) is 0.605. The SMILES string of the molecule is COc1cc(F)cc2c(O[C@@H]3C[C@H]4C(=O)N[C@]5(C(=O)NS(=O)(=O)C6CC6)C[C@H]5C=CCC[C@@H](C)C[C@@H](C)[C@H](N(C(=O)O)C(C)(C)C(F)(F)F)C(=O)N4C3)nccc12. The molecule has 0 bridgehead atoms. The average Bonchev–Trinajstić information content (AvgIpc) is 4.04. The fourth-order valence-corrected chi connectivity index (χ4v) is 9.46.